The van der Waals surface area contributed by atoms with Gasteiger partial charge in [-0.15, -0.1) is 0 Å². The molecular formula is C21H20F2N4O3. The van der Waals surface area contributed by atoms with E-state index in [4.69, 9.17) is 0 Å². The van der Waals surface area contributed by atoms with Gasteiger partial charge in [-0.05, 0) is 55.7 Å². The first-order chi connectivity index (χ1) is 14.3. The maximum Gasteiger partial charge on any atom is 0.387 e. The van der Waals surface area contributed by atoms with Crippen LogP contribution in [0.2, 0.25) is 0 Å². The summed E-state index contributed by atoms with van der Waals surface area (Å²) in [4.78, 5) is 25.0. The van der Waals surface area contributed by atoms with Gasteiger partial charge in [-0.25, -0.2) is 10.1 Å². The van der Waals surface area contributed by atoms with Gasteiger partial charge < -0.3 is 4.74 Å². The second kappa shape index (κ2) is 8.81. The number of hydrogen-bond donors (Lipinski definition) is 1. The smallest absolute Gasteiger partial charge is 0.387 e. The van der Waals surface area contributed by atoms with Gasteiger partial charge in [-0.2, -0.15) is 19.0 Å². The molecule has 1 aromatic heterocycles. The predicted octanol–water partition coefficient (Wildman–Crippen LogP) is 3.40. The van der Waals surface area contributed by atoms with Crippen LogP contribution in [0.4, 0.5) is 8.78 Å². The minimum absolute atomic E-state index is 0.0808. The Morgan fingerprint density at radius 3 is 2.47 bits per heavy atom. The van der Waals surface area contributed by atoms with Crippen molar-refractivity contribution in [3.63, 3.8) is 0 Å². The highest BCUT2D eigenvalue weighted by Crippen LogP contribution is 2.25. The second-order valence-electron chi connectivity index (χ2n) is 6.58. The van der Waals surface area contributed by atoms with E-state index in [9.17, 15) is 18.4 Å². The second-order valence-corrected chi connectivity index (χ2v) is 6.58. The minimum atomic E-state index is -2.91. The molecule has 3 rings (SSSR count). The Hall–Kier alpha value is -3.62. The van der Waals surface area contributed by atoms with Gasteiger partial charge in [-0.3, -0.25) is 9.59 Å². The van der Waals surface area contributed by atoms with Crippen molar-refractivity contribution >= 4 is 22.9 Å². The molecule has 0 radical (unpaired) electrons. The lowest BCUT2D eigenvalue weighted by Crippen LogP contribution is -2.28. The van der Waals surface area contributed by atoms with Crippen LogP contribution in [-0.4, -0.2) is 28.5 Å². The third-order valence-corrected chi connectivity index (χ3v) is 4.45. The Balaban J connectivity index is 1.85. The number of halogens is 2. The van der Waals surface area contributed by atoms with Crippen molar-refractivity contribution in [2.75, 3.05) is 0 Å². The first-order valence-corrected chi connectivity index (χ1v) is 9.21. The van der Waals surface area contributed by atoms with Crippen molar-refractivity contribution in [1.82, 2.24) is 15.2 Å². The van der Waals surface area contributed by atoms with Gasteiger partial charge in [0.25, 0.3) is 11.5 Å². The molecule has 1 N–H and O–H groups in total. The molecule has 1 amide bonds. The quantitative estimate of drug-likeness (QED) is 0.495. The van der Waals surface area contributed by atoms with Crippen LogP contribution in [0.1, 0.15) is 34.1 Å². The fourth-order valence-electron chi connectivity index (χ4n) is 3.17. The average Bonchev–Trinajstić information content (AvgIpc) is 2.71. The molecule has 3 aromatic rings. The number of nitrogens with zero attached hydrogens (tertiary/aromatic N) is 3. The van der Waals surface area contributed by atoms with Crippen LogP contribution in [0, 0.1) is 13.8 Å². The summed E-state index contributed by atoms with van der Waals surface area (Å²) in [6.07, 6.45) is 1.39. The number of rotatable bonds is 6. The third kappa shape index (κ3) is 4.35. The van der Waals surface area contributed by atoms with Crippen LogP contribution < -0.4 is 15.7 Å². The van der Waals surface area contributed by atoms with Crippen molar-refractivity contribution in [2.24, 2.45) is 5.10 Å². The summed E-state index contributed by atoms with van der Waals surface area (Å²) in [5.41, 5.74) is 3.84. The number of nitrogens with one attached hydrogen (secondary N) is 1. The Morgan fingerprint density at radius 1 is 1.23 bits per heavy atom. The number of hydrazone groups is 1. The van der Waals surface area contributed by atoms with E-state index in [1.807, 2.05) is 0 Å². The van der Waals surface area contributed by atoms with Crippen LogP contribution in [0.5, 0.6) is 5.75 Å². The fraction of sp³-hybridized carbons (Fsp3) is 0.238. The van der Waals surface area contributed by atoms with Crippen LogP contribution in [0.25, 0.3) is 10.8 Å². The normalized spacial score (nSPS) is 11.4. The summed E-state index contributed by atoms with van der Waals surface area (Å²) >= 11 is 0. The zero-order valence-electron chi connectivity index (χ0n) is 16.6. The van der Waals surface area contributed by atoms with Crippen molar-refractivity contribution < 1.29 is 18.3 Å². The van der Waals surface area contributed by atoms with Gasteiger partial charge in [0.05, 0.1) is 11.6 Å². The summed E-state index contributed by atoms with van der Waals surface area (Å²) < 4.78 is 30.7. The molecule has 0 aliphatic rings. The number of aryl methyl sites for hydroxylation is 3. The first kappa shape index (κ1) is 21.1. The maximum absolute atomic E-state index is 12.6. The summed E-state index contributed by atoms with van der Waals surface area (Å²) in [6, 6.07) is 9.96. The average molecular weight is 414 g/mol. The molecule has 0 unspecified atom stereocenters. The Kier molecular flexibility index (Phi) is 6.20. The number of carbonyl (C=O) groups is 1. The highest BCUT2D eigenvalue weighted by atomic mass is 19.3. The molecule has 30 heavy (non-hydrogen) atoms. The number of alkyl halides is 2. The fourth-order valence-corrected chi connectivity index (χ4v) is 3.17. The number of hydrogen-bond acceptors (Lipinski definition) is 5. The number of carbonyl (C=O) groups excluding carboxylic acids is 1. The molecule has 7 nitrogen and oxygen atoms in total. The molecule has 0 atom stereocenters. The molecule has 1 heterocycles. The standard InChI is InChI=1S/C21H20F2N4O3/c1-4-27-20(29)16-8-6-5-7-15(16)17(26-27)19(28)25-24-11-14-9-12(2)18(13(3)10-14)30-21(22)23/h5-11,21H,4H2,1-3H3,(H,25,28)/b24-11-. The molecular weight excluding hydrogens is 394 g/mol. The van der Waals surface area contributed by atoms with E-state index in [0.717, 1.165) is 0 Å². The topological polar surface area (TPSA) is 85.6 Å². The molecule has 0 aliphatic heterocycles. The molecule has 0 aliphatic carbocycles. The lowest BCUT2D eigenvalue weighted by molar-refractivity contribution is -0.0507. The summed E-state index contributed by atoms with van der Waals surface area (Å²) in [6.45, 7) is 2.46. The van der Waals surface area contributed by atoms with E-state index < -0.39 is 12.5 Å². The molecule has 156 valence electrons. The summed E-state index contributed by atoms with van der Waals surface area (Å²) in [7, 11) is 0. The van der Waals surface area contributed by atoms with Gasteiger partial charge in [0.1, 0.15) is 5.75 Å². The van der Waals surface area contributed by atoms with E-state index >= 15 is 0 Å². The number of amides is 1. The Labute approximate surface area is 171 Å². The van der Waals surface area contributed by atoms with Gasteiger partial charge in [0, 0.05) is 11.9 Å². The van der Waals surface area contributed by atoms with E-state index in [1.165, 1.54) is 10.9 Å². The first-order valence-electron chi connectivity index (χ1n) is 9.21. The summed E-state index contributed by atoms with van der Waals surface area (Å²) in [5.74, 6) is -0.459. The van der Waals surface area contributed by atoms with Gasteiger partial charge in [-0.1, -0.05) is 18.2 Å². The van der Waals surface area contributed by atoms with Crippen LogP contribution >= 0.6 is 0 Å². The van der Waals surface area contributed by atoms with Gasteiger partial charge in [0.2, 0.25) is 0 Å². The molecule has 0 bridgehead atoms. The zero-order valence-corrected chi connectivity index (χ0v) is 16.6. The van der Waals surface area contributed by atoms with Crippen molar-refractivity contribution in [3.8, 4) is 5.75 Å². The largest absolute Gasteiger partial charge is 0.434 e. The highest BCUT2D eigenvalue weighted by molar-refractivity contribution is 6.05. The van der Waals surface area contributed by atoms with Gasteiger partial charge >= 0.3 is 6.61 Å². The number of fused-ring (bicyclic) bond motifs is 1. The molecule has 0 fully saturated rings. The van der Waals surface area contributed by atoms with Crippen LogP contribution in [0.15, 0.2) is 46.3 Å². The number of aromatic nitrogens is 2. The van der Waals surface area contributed by atoms with E-state index in [0.29, 0.717) is 34.0 Å². The van der Waals surface area contributed by atoms with Crippen LogP contribution in [-0.2, 0) is 6.54 Å². The molecule has 0 saturated carbocycles. The summed E-state index contributed by atoms with van der Waals surface area (Å²) in [5, 5.41) is 8.90. The SMILES string of the molecule is CCn1nc(C(=O)N/N=C\c2cc(C)c(OC(F)F)c(C)c2)c2ccccc2c1=O. The molecule has 2 aromatic carbocycles. The number of ether oxygens (including phenoxy) is 1. The zero-order chi connectivity index (χ0) is 21.8. The molecule has 0 spiro atoms. The van der Waals surface area contributed by atoms with E-state index in [-0.39, 0.29) is 17.0 Å². The predicted molar refractivity (Wildman–Crippen MR) is 109 cm³/mol. The highest BCUT2D eigenvalue weighted by Gasteiger charge is 2.16. The van der Waals surface area contributed by atoms with E-state index in [1.54, 1.807) is 57.2 Å². The van der Waals surface area contributed by atoms with Crippen molar-refractivity contribution in [2.45, 2.75) is 33.9 Å². The lowest BCUT2D eigenvalue weighted by Gasteiger charge is -2.12. The van der Waals surface area contributed by atoms with E-state index in [2.05, 4.69) is 20.4 Å². The monoisotopic (exact) mass is 414 g/mol. The minimum Gasteiger partial charge on any atom is -0.434 e. The lowest BCUT2D eigenvalue weighted by atomic mass is 10.1. The maximum atomic E-state index is 12.6. The number of benzene rings is 2. The van der Waals surface area contributed by atoms with Gasteiger partial charge in [0.15, 0.2) is 5.69 Å². The van der Waals surface area contributed by atoms with Crippen LogP contribution in [0.3, 0.4) is 0 Å². The molecule has 0 saturated heterocycles. The third-order valence-electron chi connectivity index (χ3n) is 4.45. The Bertz CT molecular complexity index is 1170. The Morgan fingerprint density at radius 2 is 1.87 bits per heavy atom. The van der Waals surface area contributed by atoms with Crippen molar-refractivity contribution in [1.29, 1.82) is 0 Å². The molecule has 9 heteroatoms. The van der Waals surface area contributed by atoms with Crippen molar-refractivity contribution in [3.05, 3.63) is 69.1 Å².